The highest BCUT2D eigenvalue weighted by atomic mass is 32.2. The molecule has 0 amide bonds. The fourth-order valence-electron chi connectivity index (χ4n) is 5.31. The number of aromatic amines is 2. The molecule has 0 fully saturated rings. The van der Waals surface area contributed by atoms with E-state index in [1.165, 1.54) is 12.1 Å². The van der Waals surface area contributed by atoms with E-state index in [0.717, 1.165) is 33.8 Å². The van der Waals surface area contributed by atoms with Crippen LogP contribution >= 0.6 is 0 Å². The highest BCUT2D eigenvalue weighted by Gasteiger charge is 2.18. The predicted molar refractivity (Wildman–Crippen MR) is 174 cm³/mol. The molecule has 1 unspecified atom stereocenters. The number of aromatic nitrogens is 6. The Labute approximate surface area is 262 Å². The van der Waals surface area contributed by atoms with Crippen LogP contribution in [0, 0.1) is 5.82 Å². The van der Waals surface area contributed by atoms with E-state index in [4.69, 9.17) is 4.98 Å². The first-order valence-electron chi connectivity index (χ1n) is 14.2. The summed E-state index contributed by atoms with van der Waals surface area (Å²) in [6.45, 7) is -0.0459. The van der Waals surface area contributed by atoms with E-state index in [2.05, 4.69) is 35.2 Å². The summed E-state index contributed by atoms with van der Waals surface area (Å²) in [6, 6.07) is 23.2. The minimum absolute atomic E-state index is 0.0459. The van der Waals surface area contributed by atoms with Gasteiger partial charge in [0, 0.05) is 41.0 Å². The zero-order chi connectivity index (χ0) is 31.8. The highest BCUT2D eigenvalue weighted by Crippen LogP contribution is 2.33. The third-order valence-electron chi connectivity index (χ3n) is 7.48. The van der Waals surface area contributed by atoms with Gasteiger partial charge < -0.3 is 15.4 Å². The molecule has 230 valence electrons. The third kappa shape index (κ3) is 6.06. The second-order valence-electron chi connectivity index (χ2n) is 10.8. The van der Waals surface area contributed by atoms with Crippen molar-refractivity contribution in [3.63, 3.8) is 0 Å². The van der Waals surface area contributed by atoms with Crippen LogP contribution in [-0.2, 0) is 16.6 Å². The molecule has 13 heteroatoms. The number of hydrogen-bond acceptors (Lipinski definition) is 8. The molecule has 0 saturated carbocycles. The molecule has 7 aromatic rings. The number of nitrogens with one attached hydrogen (secondary N) is 4. The van der Waals surface area contributed by atoms with E-state index in [1.54, 1.807) is 30.7 Å². The van der Waals surface area contributed by atoms with Gasteiger partial charge in [0.05, 0.1) is 29.2 Å². The number of aliphatic hydroxyl groups is 1. The van der Waals surface area contributed by atoms with Crippen LogP contribution in [0.4, 0.5) is 10.1 Å². The van der Waals surface area contributed by atoms with Crippen molar-refractivity contribution in [1.82, 2.24) is 34.9 Å². The van der Waals surface area contributed by atoms with Gasteiger partial charge in [-0.15, -0.1) is 0 Å². The van der Waals surface area contributed by atoms with Gasteiger partial charge in [0.1, 0.15) is 11.5 Å². The van der Waals surface area contributed by atoms with E-state index in [0.29, 0.717) is 45.1 Å². The van der Waals surface area contributed by atoms with Crippen LogP contribution in [-0.4, -0.2) is 49.9 Å². The number of nitrogens with zero attached hydrogens (tertiary/aromatic N) is 4. The molecule has 0 aliphatic rings. The molecule has 0 saturated heterocycles. The Bertz CT molecular complexity index is 2320. The van der Waals surface area contributed by atoms with Crippen molar-refractivity contribution >= 4 is 37.8 Å². The SMILES string of the molecule is CS(=O)(=O)NCc1cc(F)cc(-c2ccnc3nc(-c4n[nH]c5ccc(-c6cncc(NC(O)c7ccccc7)c6)cc45)[nH]c23)c1. The number of pyridine rings is 2. The summed E-state index contributed by atoms with van der Waals surface area (Å²) in [6.07, 6.45) is 5.15. The van der Waals surface area contributed by atoms with Gasteiger partial charge in [-0.3, -0.25) is 10.1 Å². The third-order valence-corrected chi connectivity index (χ3v) is 8.15. The Morgan fingerprint density at radius 2 is 1.80 bits per heavy atom. The second-order valence-corrected chi connectivity index (χ2v) is 12.7. The normalized spacial score (nSPS) is 12.5. The standard InChI is InChI=1S/C33H27FN8O3S/c1-46(44,45)37-16-19-11-22(13-24(34)12-19)26-9-10-36-31-29(26)39-32(40-31)30-27-15-21(7-8-28(27)41-42-30)23-14-25(18-35-17-23)38-33(43)20-5-3-2-4-6-20/h2-15,17-18,33,37-38,43H,16H2,1H3,(H,41,42)(H,36,39,40). The van der Waals surface area contributed by atoms with E-state index < -0.39 is 22.1 Å². The molecule has 4 aromatic heterocycles. The van der Waals surface area contributed by atoms with Crippen LogP contribution in [0.1, 0.15) is 17.4 Å². The minimum atomic E-state index is -3.45. The smallest absolute Gasteiger partial charge is 0.209 e. The predicted octanol–water partition coefficient (Wildman–Crippen LogP) is 5.52. The number of anilines is 1. The van der Waals surface area contributed by atoms with Gasteiger partial charge in [-0.2, -0.15) is 5.10 Å². The maximum atomic E-state index is 14.6. The number of sulfonamides is 1. The molecule has 4 heterocycles. The van der Waals surface area contributed by atoms with Crippen LogP contribution in [0.25, 0.3) is 55.8 Å². The average molecular weight is 635 g/mol. The molecule has 0 aliphatic carbocycles. The maximum Gasteiger partial charge on any atom is 0.209 e. The lowest BCUT2D eigenvalue weighted by Gasteiger charge is -2.15. The van der Waals surface area contributed by atoms with Gasteiger partial charge in [-0.05, 0) is 59.2 Å². The van der Waals surface area contributed by atoms with Crippen molar-refractivity contribution in [3.05, 3.63) is 114 Å². The lowest BCUT2D eigenvalue weighted by Crippen LogP contribution is -2.21. The van der Waals surface area contributed by atoms with E-state index >= 15 is 0 Å². The first kappa shape index (κ1) is 29.2. The first-order chi connectivity index (χ1) is 22.2. The van der Waals surface area contributed by atoms with Gasteiger partial charge >= 0.3 is 0 Å². The van der Waals surface area contributed by atoms with Crippen molar-refractivity contribution in [2.24, 2.45) is 0 Å². The molecule has 0 bridgehead atoms. The van der Waals surface area contributed by atoms with Crippen molar-refractivity contribution in [3.8, 4) is 33.8 Å². The number of hydrogen-bond donors (Lipinski definition) is 5. The Balaban J connectivity index is 1.22. The highest BCUT2D eigenvalue weighted by molar-refractivity contribution is 7.88. The number of H-pyrrole nitrogens is 2. The quantitative estimate of drug-likeness (QED) is 0.130. The van der Waals surface area contributed by atoms with E-state index in [1.807, 2.05) is 54.6 Å². The topological polar surface area (TPSA) is 162 Å². The summed E-state index contributed by atoms with van der Waals surface area (Å²) in [5.41, 5.74) is 7.13. The largest absolute Gasteiger partial charge is 0.369 e. The van der Waals surface area contributed by atoms with Gasteiger partial charge in [-0.1, -0.05) is 36.4 Å². The average Bonchev–Trinajstić information content (AvgIpc) is 3.68. The lowest BCUT2D eigenvalue weighted by atomic mass is 10.0. The first-order valence-corrected chi connectivity index (χ1v) is 16.1. The molecule has 3 aromatic carbocycles. The number of imidazole rings is 1. The van der Waals surface area contributed by atoms with Crippen LogP contribution in [0.3, 0.4) is 0 Å². The number of fused-ring (bicyclic) bond motifs is 2. The summed E-state index contributed by atoms with van der Waals surface area (Å²) >= 11 is 0. The molecule has 0 spiro atoms. The number of halogens is 1. The fraction of sp³-hybridized carbons (Fsp3) is 0.0909. The van der Waals surface area contributed by atoms with Gasteiger partial charge in [0.2, 0.25) is 10.0 Å². The van der Waals surface area contributed by atoms with Gasteiger partial charge in [-0.25, -0.2) is 27.5 Å². The van der Waals surface area contributed by atoms with Gasteiger partial charge in [0.25, 0.3) is 0 Å². The summed E-state index contributed by atoms with van der Waals surface area (Å²) in [4.78, 5) is 16.8. The summed E-state index contributed by atoms with van der Waals surface area (Å²) < 4.78 is 40.2. The lowest BCUT2D eigenvalue weighted by molar-refractivity contribution is 0.208. The van der Waals surface area contributed by atoms with E-state index in [-0.39, 0.29) is 6.54 Å². The molecule has 0 radical (unpaired) electrons. The van der Waals surface area contributed by atoms with Crippen molar-refractivity contribution < 1.29 is 17.9 Å². The van der Waals surface area contributed by atoms with Crippen LogP contribution < -0.4 is 10.0 Å². The zero-order valence-corrected chi connectivity index (χ0v) is 25.2. The van der Waals surface area contributed by atoms with Gasteiger partial charge in [0.15, 0.2) is 17.7 Å². The minimum Gasteiger partial charge on any atom is -0.369 e. The van der Waals surface area contributed by atoms with Crippen molar-refractivity contribution in [2.75, 3.05) is 11.6 Å². The number of benzene rings is 3. The summed E-state index contributed by atoms with van der Waals surface area (Å²) in [5.74, 6) is -0.0325. The van der Waals surface area contributed by atoms with E-state index in [9.17, 15) is 17.9 Å². The van der Waals surface area contributed by atoms with Crippen LogP contribution in [0.2, 0.25) is 0 Å². The molecule has 1 atom stereocenters. The molecule has 46 heavy (non-hydrogen) atoms. The number of rotatable bonds is 9. The Morgan fingerprint density at radius 3 is 2.63 bits per heavy atom. The Hall–Kier alpha value is -5.50. The molecule has 0 aliphatic heterocycles. The maximum absolute atomic E-state index is 14.6. The zero-order valence-electron chi connectivity index (χ0n) is 24.4. The molecular formula is C33H27FN8O3S. The summed E-state index contributed by atoms with van der Waals surface area (Å²) in [5, 5.41) is 22.1. The molecule has 5 N–H and O–H groups in total. The molecular weight excluding hydrogens is 607 g/mol. The Kier molecular flexibility index (Phi) is 7.48. The van der Waals surface area contributed by atoms with Crippen molar-refractivity contribution in [2.45, 2.75) is 12.8 Å². The van der Waals surface area contributed by atoms with Crippen LogP contribution in [0.5, 0.6) is 0 Å². The number of aliphatic hydroxyl groups excluding tert-OH is 1. The van der Waals surface area contributed by atoms with Crippen molar-refractivity contribution in [1.29, 1.82) is 0 Å². The fourth-order valence-corrected chi connectivity index (χ4v) is 5.74. The second kappa shape index (κ2) is 11.8. The molecule has 7 rings (SSSR count). The summed E-state index contributed by atoms with van der Waals surface area (Å²) in [7, 11) is -3.45. The van der Waals surface area contributed by atoms with Crippen LogP contribution in [0.15, 0.2) is 97.5 Å². The molecule has 11 nitrogen and oxygen atoms in total. The monoisotopic (exact) mass is 634 g/mol. The Morgan fingerprint density at radius 1 is 0.957 bits per heavy atom.